The monoisotopic (exact) mass is 842 g/mol. The second kappa shape index (κ2) is 53.1. The van der Waals surface area contributed by atoms with Gasteiger partial charge in [0.15, 0.2) is 0 Å². The quantitative estimate of drug-likeness (QED) is 0.0334. The lowest BCUT2D eigenvalue weighted by molar-refractivity contribution is -0.148. The third kappa shape index (κ3) is 58.8. The SMILES string of the molecule is C.CCC(=O)OCCOCCOC(=O)CC.CCC(=O)OCCOCCOC(=O)CC.CN=C=O.COC#N.Cc1ccccc1.Cc1ccccc1.Cc1ccccc1. The summed E-state index contributed by atoms with van der Waals surface area (Å²) in [6, 6.07) is 30.8. The number of isocyanates is 1. The van der Waals surface area contributed by atoms with Crippen LogP contribution in [0.25, 0.3) is 0 Å². The van der Waals surface area contributed by atoms with Gasteiger partial charge in [0.1, 0.15) is 26.4 Å². The van der Waals surface area contributed by atoms with Crippen molar-refractivity contribution in [2.24, 2.45) is 4.99 Å². The molecule has 14 heteroatoms. The molecule has 0 aliphatic heterocycles. The predicted octanol–water partition coefficient (Wildman–Crippen LogP) is 8.51. The van der Waals surface area contributed by atoms with E-state index in [1.54, 1.807) is 27.7 Å². The largest absolute Gasteiger partial charge is 0.463 e. The Hall–Kier alpha value is -5.87. The van der Waals surface area contributed by atoms with E-state index in [0.717, 1.165) is 0 Å². The Morgan fingerprint density at radius 2 is 0.700 bits per heavy atom. The van der Waals surface area contributed by atoms with Crippen LogP contribution in [-0.2, 0) is 57.1 Å². The third-order valence-electron chi connectivity index (χ3n) is 6.12. The topological polar surface area (TPSA) is 186 Å². The Balaban J connectivity index is -0.000000206. The average molecular weight is 843 g/mol. The standard InChI is InChI=1S/2C10H18O5.3C7H8.2C2H3NO.CH4/c2*1-3-9(11)14-7-5-13-6-8-15-10(12)4-2;3*1-7-5-3-2-4-6-7;1-4-2-3;1-3-2-4;/h2*3-8H2,1-2H3;3*2-6H,1H3;2*1H3;1H4. The minimum Gasteiger partial charge on any atom is -0.463 e. The van der Waals surface area contributed by atoms with E-state index in [1.807, 2.05) is 54.6 Å². The Bertz CT molecular complexity index is 1310. The van der Waals surface area contributed by atoms with E-state index < -0.39 is 0 Å². The van der Waals surface area contributed by atoms with Gasteiger partial charge in [-0.1, -0.05) is 143 Å². The number of methoxy groups -OCH3 is 1. The summed E-state index contributed by atoms with van der Waals surface area (Å²) in [6.07, 6.45) is 4.21. The number of carbonyl (C=O) groups excluding carboxylic acids is 5. The van der Waals surface area contributed by atoms with Gasteiger partial charge in [-0.05, 0) is 20.8 Å². The van der Waals surface area contributed by atoms with Gasteiger partial charge >= 0.3 is 23.9 Å². The zero-order valence-corrected chi connectivity index (χ0v) is 36.4. The molecule has 14 nitrogen and oxygen atoms in total. The maximum absolute atomic E-state index is 10.7. The minimum absolute atomic E-state index is 0. The molecule has 3 aromatic rings. The zero-order valence-electron chi connectivity index (χ0n) is 36.4. The zero-order chi connectivity index (χ0) is 45.2. The van der Waals surface area contributed by atoms with Crippen molar-refractivity contribution in [3.63, 3.8) is 0 Å². The van der Waals surface area contributed by atoms with Crippen LogP contribution in [0.5, 0.6) is 0 Å². The number of carbonyl (C=O) groups is 4. The van der Waals surface area contributed by atoms with E-state index in [2.05, 4.69) is 66.9 Å². The molecule has 0 aliphatic carbocycles. The molecule has 336 valence electrons. The minimum atomic E-state index is -0.240. The molecule has 3 rings (SSSR count). The number of benzene rings is 3. The van der Waals surface area contributed by atoms with Gasteiger partial charge in [0.05, 0.1) is 33.5 Å². The maximum Gasteiger partial charge on any atom is 0.305 e. The normalized spacial score (nSPS) is 8.47. The molecule has 0 bridgehead atoms. The predicted molar refractivity (Wildman–Crippen MR) is 234 cm³/mol. The highest BCUT2D eigenvalue weighted by atomic mass is 16.6. The second-order valence-electron chi connectivity index (χ2n) is 11.1. The molecule has 0 fully saturated rings. The van der Waals surface area contributed by atoms with Crippen LogP contribution in [0.15, 0.2) is 96.0 Å². The van der Waals surface area contributed by atoms with Gasteiger partial charge in [0.25, 0.3) is 6.26 Å². The average Bonchev–Trinajstić information content (AvgIpc) is 3.27. The number of nitrogens with zero attached hydrogens (tertiary/aromatic N) is 2. The summed E-state index contributed by atoms with van der Waals surface area (Å²) in [5.74, 6) is -0.959. The van der Waals surface area contributed by atoms with Crippen LogP contribution in [0, 0.1) is 32.3 Å². The molecular weight excluding hydrogens is 773 g/mol. The number of aryl methyl sites for hydroxylation is 3. The summed E-state index contributed by atoms with van der Waals surface area (Å²) in [7, 11) is 2.70. The molecule has 0 saturated carbocycles. The summed E-state index contributed by atoms with van der Waals surface area (Å²) in [5, 5.41) is 7.40. The molecule has 0 heterocycles. The summed E-state index contributed by atoms with van der Waals surface area (Å²) >= 11 is 0. The van der Waals surface area contributed by atoms with E-state index in [1.165, 1.54) is 43.2 Å². The van der Waals surface area contributed by atoms with Gasteiger partial charge in [0.2, 0.25) is 6.08 Å². The maximum atomic E-state index is 10.7. The van der Waals surface area contributed by atoms with Crippen molar-refractivity contribution in [2.45, 2.75) is 81.6 Å². The van der Waals surface area contributed by atoms with Gasteiger partial charge in [0, 0.05) is 32.7 Å². The smallest absolute Gasteiger partial charge is 0.305 e. The molecule has 0 saturated heterocycles. The van der Waals surface area contributed by atoms with E-state index in [4.69, 9.17) is 38.5 Å². The summed E-state index contributed by atoms with van der Waals surface area (Å²) in [4.78, 5) is 54.5. The summed E-state index contributed by atoms with van der Waals surface area (Å²) < 4.78 is 33.1. The molecule has 0 unspecified atom stereocenters. The van der Waals surface area contributed by atoms with E-state index >= 15 is 0 Å². The fraction of sp³-hybridized carbons (Fsp3) is 0.478. The van der Waals surface area contributed by atoms with E-state index in [0.29, 0.717) is 52.1 Å². The van der Waals surface area contributed by atoms with Crippen molar-refractivity contribution in [3.05, 3.63) is 108 Å². The van der Waals surface area contributed by atoms with Crippen LogP contribution in [0.1, 0.15) is 77.5 Å². The Labute approximate surface area is 359 Å². The Kier molecular flexibility index (Phi) is 56.1. The number of aliphatic imine (C=N–C) groups is 1. The molecule has 0 atom stereocenters. The van der Waals surface area contributed by atoms with E-state index in [9.17, 15) is 19.2 Å². The highest BCUT2D eigenvalue weighted by Crippen LogP contribution is 1.94. The Morgan fingerprint density at radius 1 is 0.500 bits per heavy atom. The van der Waals surface area contributed by atoms with Crippen molar-refractivity contribution in [1.29, 1.82) is 5.26 Å². The third-order valence-corrected chi connectivity index (χ3v) is 6.12. The molecule has 0 amide bonds. The van der Waals surface area contributed by atoms with Gasteiger partial charge in [-0.2, -0.15) is 5.26 Å². The lowest BCUT2D eigenvalue weighted by Crippen LogP contribution is -2.13. The van der Waals surface area contributed by atoms with Crippen molar-refractivity contribution >= 4 is 30.0 Å². The molecular formula is C46H70N2O12. The molecule has 3 aromatic carbocycles. The van der Waals surface area contributed by atoms with Crippen LogP contribution in [-0.4, -0.2) is 97.0 Å². The molecule has 0 aliphatic rings. The van der Waals surface area contributed by atoms with Gasteiger partial charge < -0.3 is 33.2 Å². The number of hydrogen-bond acceptors (Lipinski definition) is 14. The van der Waals surface area contributed by atoms with Crippen LogP contribution < -0.4 is 0 Å². The number of nitriles is 1. The first-order chi connectivity index (χ1) is 28.4. The van der Waals surface area contributed by atoms with Crippen LogP contribution in [0.3, 0.4) is 0 Å². The summed E-state index contributed by atoms with van der Waals surface area (Å²) in [5.41, 5.74) is 3.97. The molecule has 0 N–H and O–H groups in total. The summed E-state index contributed by atoms with van der Waals surface area (Å²) in [6.45, 7) is 15.5. The van der Waals surface area contributed by atoms with Gasteiger partial charge in [-0.3, -0.25) is 19.2 Å². The second-order valence-corrected chi connectivity index (χ2v) is 11.1. The lowest BCUT2D eigenvalue weighted by atomic mass is 10.2. The molecule has 0 radical (unpaired) electrons. The van der Waals surface area contributed by atoms with Gasteiger partial charge in [-0.25, -0.2) is 9.79 Å². The number of rotatable bonds is 16. The van der Waals surface area contributed by atoms with Crippen molar-refractivity contribution < 1.29 is 57.1 Å². The first-order valence-corrected chi connectivity index (χ1v) is 19.1. The highest BCUT2D eigenvalue weighted by molar-refractivity contribution is 5.69. The fourth-order valence-electron chi connectivity index (χ4n) is 3.07. The van der Waals surface area contributed by atoms with Crippen molar-refractivity contribution in [3.8, 4) is 6.26 Å². The molecule has 0 aromatic heterocycles. The Morgan fingerprint density at radius 3 is 0.817 bits per heavy atom. The van der Waals surface area contributed by atoms with E-state index in [-0.39, 0.29) is 57.7 Å². The molecule has 0 spiro atoms. The first kappa shape index (κ1) is 63.3. The lowest BCUT2D eigenvalue weighted by Gasteiger charge is -2.05. The van der Waals surface area contributed by atoms with Gasteiger partial charge in [-0.15, -0.1) is 0 Å². The van der Waals surface area contributed by atoms with Crippen molar-refractivity contribution in [1.82, 2.24) is 0 Å². The number of ether oxygens (including phenoxy) is 7. The fourth-order valence-corrected chi connectivity index (χ4v) is 3.07. The first-order valence-electron chi connectivity index (χ1n) is 19.1. The van der Waals surface area contributed by atoms with Crippen molar-refractivity contribution in [2.75, 3.05) is 67.0 Å². The number of esters is 4. The molecule has 60 heavy (non-hydrogen) atoms. The van der Waals surface area contributed by atoms with Crippen LogP contribution in [0.2, 0.25) is 0 Å². The van der Waals surface area contributed by atoms with Crippen LogP contribution in [0.4, 0.5) is 0 Å². The number of hydrogen-bond donors (Lipinski definition) is 0. The highest BCUT2D eigenvalue weighted by Gasteiger charge is 2.00. The van der Waals surface area contributed by atoms with Crippen LogP contribution >= 0.6 is 0 Å².